The van der Waals surface area contributed by atoms with Crippen molar-refractivity contribution < 1.29 is 23.6 Å². The third-order valence-electron chi connectivity index (χ3n) is 4.97. The monoisotopic (exact) mass is 621 g/mol. The van der Waals surface area contributed by atoms with Crippen molar-refractivity contribution in [1.82, 2.24) is 0 Å². The predicted octanol–water partition coefficient (Wildman–Crippen LogP) is 11.0. The van der Waals surface area contributed by atoms with Gasteiger partial charge in [-0.2, -0.15) is 0 Å². The molecule has 0 bridgehead atoms. The Morgan fingerprint density at radius 2 is 1.52 bits per heavy atom. The Morgan fingerprint density at radius 3 is 1.95 bits per heavy atom. The zero-order valence-electron chi connectivity index (χ0n) is 27.5. The highest BCUT2D eigenvalue weighted by Gasteiger charge is 2.09. The van der Waals surface area contributed by atoms with E-state index in [-0.39, 0.29) is 17.5 Å². The van der Waals surface area contributed by atoms with Gasteiger partial charge in [0, 0.05) is 22.9 Å². The molecule has 0 aliphatic carbocycles. The SMILES string of the molecule is CC.CC(=O)OS/C=C/c1ccc(O)cc1S.CCC.CCC(=N)c1ccc(C(C)=O)c(OC)c1.CCCCCCC. The number of phenols is 1. The first-order chi connectivity index (χ1) is 20.0. The average Bonchev–Trinajstić information content (AvgIpc) is 2.97. The fourth-order valence-corrected chi connectivity index (χ4v) is 3.59. The lowest BCUT2D eigenvalue weighted by Gasteiger charge is -2.08. The number of hydrogen-bond donors (Lipinski definition) is 3. The lowest BCUT2D eigenvalue weighted by Crippen LogP contribution is -2.02. The van der Waals surface area contributed by atoms with Crippen LogP contribution in [0.3, 0.4) is 0 Å². The summed E-state index contributed by atoms with van der Waals surface area (Å²) in [6, 6.07) is 10.1. The summed E-state index contributed by atoms with van der Waals surface area (Å²) in [5, 5.41) is 18.5. The van der Waals surface area contributed by atoms with E-state index in [9.17, 15) is 9.59 Å². The number of carbonyl (C=O) groups is 2. The summed E-state index contributed by atoms with van der Waals surface area (Å²) in [6.07, 6.45) is 10.7. The van der Waals surface area contributed by atoms with Crippen molar-refractivity contribution in [3.63, 3.8) is 0 Å². The number of Topliss-reactive ketones (excluding diaryl/α,β-unsaturated/α-hetero) is 1. The number of hydrogen-bond acceptors (Lipinski definition) is 8. The molecule has 6 nitrogen and oxygen atoms in total. The van der Waals surface area contributed by atoms with Crippen LogP contribution in [0.15, 0.2) is 46.7 Å². The molecular weight excluding hydrogens is 567 g/mol. The molecule has 238 valence electrons. The minimum absolute atomic E-state index is 0.0265. The molecule has 0 amide bonds. The topological polar surface area (TPSA) is 96.7 Å². The highest BCUT2D eigenvalue weighted by molar-refractivity contribution is 7.98. The molecule has 0 saturated carbocycles. The van der Waals surface area contributed by atoms with Gasteiger partial charge in [-0.05, 0) is 54.8 Å². The highest BCUT2D eigenvalue weighted by atomic mass is 32.2. The van der Waals surface area contributed by atoms with Crippen molar-refractivity contribution in [2.45, 2.75) is 112 Å². The van der Waals surface area contributed by atoms with Crippen LogP contribution in [0.1, 0.15) is 129 Å². The molecule has 42 heavy (non-hydrogen) atoms. The van der Waals surface area contributed by atoms with Crippen molar-refractivity contribution in [3.05, 3.63) is 58.5 Å². The van der Waals surface area contributed by atoms with Gasteiger partial charge >= 0.3 is 5.97 Å². The molecule has 2 N–H and O–H groups in total. The van der Waals surface area contributed by atoms with Crippen LogP contribution in [-0.2, 0) is 8.98 Å². The van der Waals surface area contributed by atoms with Gasteiger partial charge in [-0.1, -0.05) is 99.1 Å². The van der Waals surface area contributed by atoms with Gasteiger partial charge in [-0.25, -0.2) is 0 Å². The first kappa shape index (κ1) is 43.7. The first-order valence-corrected chi connectivity index (χ1v) is 16.1. The van der Waals surface area contributed by atoms with E-state index >= 15 is 0 Å². The smallest absolute Gasteiger partial charge is 0.314 e. The normalized spacial score (nSPS) is 9.40. The van der Waals surface area contributed by atoms with Gasteiger partial charge in [0.25, 0.3) is 0 Å². The molecule has 0 radical (unpaired) electrons. The van der Waals surface area contributed by atoms with Crippen LogP contribution in [0.4, 0.5) is 0 Å². The average molecular weight is 622 g/mol. The molecule has 0 aliphatic rings. The van der Waals surface area contributed by atoms with Crippen LogP contribution in [0.2, 0.25) is 0 Å². The summed E-state index contributed by atoms with van der Waals surface area (Å²) in [5.41, 5.74) is 2.75. The predicted molar refractivity (Wildman–Crippen MR) is 186 cm³/mol. The molecule has 8 heteroatoms. The lowest BCUT2D eigenvalue weighted by molar-refractivity contribution is -0.130. The van der Waals surface area contributed by atoms with E-state index in [1.807, 2.05) is 20.8 Å². The van der Waals surface area contributed by atoms with Gasteiger partial charge in [0.05, 0.1) is 24.7 Å². The molecule has 0 atom stereocenters. The van der Waals surface area contributed by atoms with E-state index in [0.717, 1.165) is 23.2 Å². The fraction of sp³-hybridized carbons (Fsp3) is 0.500. The Labute approximate surface area is 265 Å². The quantitative estimate of drug-likeness (QED) is 0.0759. The maximum atomic E-state index is 11.2. The number of nitrogens with one attached hydrogen (secondary N) is 1. The maximum Gasteiger partial charge on any atom is 0.314 e. The molecule has 2 rings (SSSR count). The number of rotatable bonds is 11. The van der Waals surface area contributed by atoms with Crippen molar-refractivity contribution in [3.8, 4) is 11.5 Å². The molecule has 2 aromatic carbocycles. The molecule has 0 fully saturated rings. The fourth-order valence-electron chi connectivity index (χ4n) is 2.92. The second-order valence-electron chi connectivity index (χ2n) is 8.79. The molecule has 2 aromatic rings. The Kier molecular flexibility index (Phi) is 31.0. The zero-order chi connectivity index (χ0) is 32.9. The van der Waals surface area contributed by atoms with E-state index in [2.05, 4.69) is 44.5 Å². The van der Waals surface area contributed by atoms with Gasteiger partial charge in [0.2, 0.25) is 0 Å². The Bertz CT molecular complexity index is 1030. The summed E-state index contributed by atoms with van der Waals surface area (Å²) < 4.78 is 9.77. The van der Waals surface area contributed by atoms with Gasteiger partial charge in [0.1, 0.15) is 11.5 Å². The van der Waals surface area contributed by atoms with Gasteiger partial charge in [0.15, 0.2) is 5.78 Å². The van der Waals surface area contributed by atoms with Gasteiger partial charge < -0.3 is 19.4 Å². The van der Waals surface area contributed by atoms with Crippen molar-refractivity contribution in [2.75, 3.05) is 7.11 Å². The molecule has 0 unspecified atom stereocenters. The number of ketones is 1. The minimum atomic E-state index is -0.346. The molecular formula is C34H55NO5S2. The summed E-state index contributed by atoms with van der Waals surface area (Å²) in [5.74, 6) is 0.339. The van der Waals surface area contributed by atoms with Crippen molar-refractivity contribution >= 4 is 48.2 Å². The molecule has 0 heterocycles. The first-order valence-electron chi connectivity index (χ1n) is 14.8. The van der Waals surface area contributed by atoms with Crippen LogP contribution in [0.5, 0.6) is 11.5 Å². The summed E-state index contributed by atoms with van der Waals surface area (Å²) in [4.78, 5) is 22.3. The van der Waals surface area contributed by atoms with Crippen LogP contribution in [-0.4, -0.2) is 29.7 Å². The Hall–Kier alpha value is -2.71. The Balaban J connectivity index is -0.000000530. The third kappa shape index (κ3) is 22.9. The number of phenolic OH excluding ortho intramolecular Hbond substituents is 1. The lowest BCUT2D eigenvalue weighted by atomic mass is 10.0. The number of thiol groups is 1. The number of unbranched alkanes of at least 4 members (excludes halogenated alkanes) is 4. The highest BCUT2D eigenvalue weighted by Crippen LogP contribution is 2.23. The molecule has 0 aromatic heterocycles. The summed E-state index contributed by atoms with van der Waals surface area (Å²) in [6.45, 7) is 17.5. The number of aromatic hydroxyl groups is 1. The van der Waals surface area contributed by atoms with Crippen molar-refractivity contribution in [2.24, 2.45) is 0 Å². The minimum Gasteiger partial charge on any atom is -0.508 e. The molecule has 0 spiro atoms. The Morgan fingerprint density at radius 1 is 0.952 bits per heavy atom. The molecule has 0 aliphatic heterocycles. The standard InChI is InChI=1S/C12H15NO2.C10H10O3S2.C7H16.C3H8.C2H6/c1-4-11(13)9-5-6-10(8(2)14)12(7-9)15-3;1-7(11)13-15-5-4-8-2-3-9(12)6-10(8)14;1-3-5-7-6-4-2;1-3-2;1-2/h5-7,13H,4H2,1-3H3;2-6,12,14H,1H3;3-7H2,1-2H3;3H2,1-2H3;1-2H3/b;5-4+;;;. The third-order valence-corrected chi connectivity index (χ3v) is 5.94. The summed E-state index contributed by atoms with van der Waals surface area (Å²) in [7, 11) is 1.53. The second-order valence-corrected chi connectivity index (χ2v) is 9.90. The van der Waals surface area contributed by atoms with Gasteiger partial charge in [-0.3, -0.25) is 9.59 Å². The number of ether oxygens (including phenoxy) is 1. The zero-order valence-corrected chi connectivity index (χ0v) is 29.2. The van der Waals surface area contributed by atoms with Gasteiger partial charge in [-0.15, -0.1) is 12.6 Å². The largest absolute Gasteiger partial charge is 0.508 e. The maximum absolute atomic E-state index is 11.2. The second kappa shape index (κ2) is 29.8. The van der Waals surface area contributed by atoms with E-state index in [4.69, 9.17) is 15.3 Å². The molecule has 0 saturated heterocycles. The summed E-state index contributed by atoms with van der Waals surface area (Å²) >= 11 is 5.12. The van der Waals surface area contributed by atoms with E-state index in [0.29, 0.717) is 28.3 Å². The van der Waals surface area contributed by atoms with Crippen LogP contribution in [0.25, 0.3) is 6.08 Å². The van der Waals surface area contributed by atoms with E-state index < -0.39 is 0 Å². The number of benzene rings is 2. The van der Waals surface area contributed by atoms with Crippen LogP contribution >= 0.6 is 24.7 Å². The van der Waals surface area contributed by atoms with E-state index in [1.54, 1.807) is 47.9 Å². The number of carbonyl (C=O) groups excluding carboxylic acids is 2. The van der Waals surface area contributed by atoms with Crippen LogP contribution in [0, 0.1) is 5.41 Å². The number of methoxy groups -OCH3 is 1. The van der Waals surface area contributed by atoms with Crippen molar-refractivity contribution in [1.29, 1.82) is 5.41 Å². The van der Waals surface area contributed by atoms with E-state index in [1.165, 1.54) is 59.5 Å². The van der Waals surface area contributed by atoms with Crippen LogP contribution < -0.4 is 4.74 Å².